The maximum absolute atomic E-state index is 12.3. The van der Waals surface area contributed by atoms with Crippen molar-refractivity contribution in [2.75, 3.05) is 31.1 Å². The van der Waals surface area contributed by atoms with E-state index < -0.39 is 9.84 Å². The van der Waals surface area contributed by atoms with Gasteiger partial charge in [0.2, 0.25) is 0 Å². The predicted octanol–water partition coefficient (Wildman–Crippen LogP) is 1.41. The second kappa shape index (κ2) is 7.34. The third-order valence-corrected chi connectivity index (χ3v) is 6.98. The van der Waals surface area contributed by atoms with Crippen LogP contribution in [-0.4, -0.2) is 71.4 Å². The lowest BCUT2D eigenvalue weighted by Gasteiger charge is -2.43. The Morgan fingerprint density at radius 2 is 1.85 bits per heavy atom. The lowest BCUT2D eigenvalue weighted by Crippen LogP contribution is -2.58. The first-order valence-electron chi connectivity index (χ1n) is 8.98. The van der Waals surface area contributed by atoms with Gasteiger partial charge in [-0.3, -0.25) is 9.80 Å². The number of H-pyrrole nitrogens is 1. The average molecular weight is 372 g/mol. The predicted molar refractivity (Wildman–Crippen MR) is 102 cm³/mol. The molecule has 2 fully saturated rings. The van der Waals surface area contributed by atoms with Gasteiger partial charge in [-0.05, 0) is 5.56 Å². The van der Waals surface area contributed by atoms with Gasteiger partial charge in [-0.25, -0.2) is 13.4 Å². The number of hydrogen-bond acceptors (Lipinski definition) is 5. The molecule has 2 aliphatic heterocycles. The number of aromatic amines is 1. The molecule has 1 N–H and O–H groups in total. The largest absolute Gasteiger partial charge is 0.347 e. The molecule has 2 atom stereocenters. The molecule has 2 aliphatic rings. The molecular weight excluding hydrogens is 348 g/mol. The molecule has 138 valence electrons. The Kier molecular flexibility index (Phi) is 4.93. The monoisotopic (exact) mass is 372 g/mol. The summed E-state index contributed by atoms with van der Waals surface area (Å²) in [5.41, 5.74) is 2.20. The summed E-state index contributed by atoms with van der Waals surface area (Å²) in [7, 11) is -2.98. The van der Waals surface area contributed by atoms with Crippen molar-refractivity contribution in [1.82, 2.24) is 19.8 Å². The fourth-order valence-electron chi connectivity index (χ4n) is 4.00. The van der Waals surface area contributed by atoms with Crippen LogP contribution in [0.3, 0.4) is 0 Å². The molecule has 7 heteroatoms. The summed E-state index contributed by atoms with van der Waals surface area (Å²) < 4.78 is 24.6. The zero-order chi connectivity index (χ0) is 18.0. The van der Waals surface area contributed by atoms with Crippen molar-refractivity contribution in [1.29, 1.82) is 0 Å². The Bertz CT molecular complexity index is 849. The van der Waals surface area contributed by atoms with Gasteiger partial charge < -0.3 is 4.98 Å². The molecule has 1 aromatic heterocycles. The minimum absolute atomic E-state index is 0.0576. The van der Waals surface area contributed by atoms with Gasteiger partial charge in [0.05, 0.1) is 17.8 Å². The summed E-state index contributed by atoms with van der Waals surface area (Å²) in [6.07, 6.45) is 7.73. The van der Waals surface area contributed by atoms with Gasteiger partial charge in [0.1, 0.15) is 0 Å². The van der Waals surface area contributed by atoms with E-state index >= 15 is 0 Å². The highest BCUT2D eigenvalue weighted by Crippen LogP contribution is 2.28. The molecule has 0 saturated carbocycles. The van der Waals surface area contributed by atoms with Crippen molar-refractivity contribution < 1.29 is 8.42 Å². The first-order chi connectivity index (χ1) is 12.6. The fourth-order valence-corrected chi connectivity index (χ4v) is 6.04. The van der Waals surface area contributed by atoms with Crippen molar-refractivity contribution >= 4 is 15.9 Å². The average Bonchev–Trinajstić information content (AvgIpc) is 3.24. The van der Waals surface area contributed by atoms with Crippen LogP contribution in [0.5, 0.6) is 0 Å². The summed E-state index contributed by atoms with van der Waals surface area (Å²) >= 11 is 0. The molecule has 1 aromatic carbocycles. The maximum atomic E-state index is 12.3. The standard InChI is InChI=1S/C19H24N4O2S/c24-26(25)13-18-19(14-26)23(12-17-11-20-15-21-17)10-9-22(18)8-4-7-16-5-2-1-3-6-16/h1-7,11,15,18-19H,8-10,12-14H2,(H,20,21)/t18-,19+/m0/s1. The lowest BCUT2D eigenvalue weighted by molar-refractivity contribution is 0.0472. The SMILES string of the molecule is O=S1(=O)C[C@@H]2[C@H](C1)N(CC=Cc1ccccc1)CCN2Cc1cnc[nH]1. The summed E-state index contributed by atoms with van der Waals surface area (Å²) in [4.78, 5) is 11.8. The van der Waals surface area contributed by atoms with E-state index in [-0.39, 0.29) is 23.6 Å². The van der Waals surface area contributed by atoms with Crippen molar-refractivity contribution in [2.45, 2.75) is 18.6 Å². The molecule has 0 aliphatic carbocycles. The Balaban J connectivity index is 1.45. The highest BCUT2D eigenvalue weighted by Gasteiger charge is 2.46. The van der Waals surface area contributed by atoms with Crippen molar-refractivity contribution in [3.63, 3.8) is 0 Å². The maximum Gasteiger partial charge on any atom is 0.153 e. The van der Waals surface area contributed by atoms with Gasteiger partial charge in [-0.15, -0.1) is 0 Å². The third kappa shape index (κ3) is 3.90. The molecule has 6 nitrogen and oxygen atoms in total. The van der Waals surface area contributed by atoms with Gasteiger partial charge in [0.15, 0.2) is 9.84 Å². The van der Waals surface area contributed by atoms with Crippen LogP contribution >= 0.6 is 0 Å². The van der Waals surface area contributed by atoms with E-state index in [1.807, 2.05) is 24.4 Å². The minimum atomic E-state index is -2.98. The van der Waals surface area contributed by atoms with E-state index in [4.69, 9.17) is 0 Å². The van der Waals surface area contributed by atoms with E-state index in [2.05, 4.69) is 44.1 Å². The Labute approximate surface area is 154 Å². The highest BCUT2D eigenvalue weighted by atomic mass is 32.2. The number of hydrogen-bond donors (Lipinski definition) is 1. The number of nitrogens with one attached hydrogen (secondary N) is 1. The van der Waals surface area contributed by atoms with Crippen molar-refractivity contribution in [3.05, 3.63) is 60.2 Å². The zero-order valence-electron chi connectivity index (χ0n) is 14.7. The van der Waals surface area contributed by atoms with Gasteiger partial charge in [-0.2, -0.15) is 0 Å². The molecule has 26 heavy (non-hydrogen) atoms. The molecule has 2 aromatic rings. The molecule has 0 bridgehead atoms. The second-order valence-corrected chi connectivity index (χ2v) is 9.22. The number of rotatable bonds is 5. The Hall–Kier alpha value is -1.96. The van der Waals surface area contributed by atoms with Crippen LogP contribution in [0.4, 0.5) is 0 Å². The van der Waals surface area contributed by atoms with Crippen LogP contribution in [0.2, 0.25) is 0 Å². The molecule has 0 radical (unpaired) electrons. The van der Waals surface area contributed by atoms with Gasteiger partial charge in [0, 0.05) is 50.2 Å². The first-order valence-corrected chi connectivity index (χ1v) is 10.8. The molecule has 4 rings (SSSR count). The number of benzene rings is 1. The summed E-state index contributed by atoms with van der Waals surface area (Å²) in [6.45, 7) is 3.26. The van der Waals surface area contributed by atoms with Crippen LogP contribution in [0.15, 0.2) is 48.9 Å². The Morgan fingerprint density at radius 1 is 1.12 bits per heavy atom. The van der Waals surface area contributed by atoms with E-state index in [1.54, 1.807) is 6.33 Å². The molecular formula is C19H24N4O2S. The van der Waals surface area contributed by atoms with Gasteiger partial charge in [-0.1, -0.05) is 42.5 Å². The van der Waals surface area contributed by atoms with Crippen LogP contribution in [0, 0.1) is 0 Å². The summed E-state index contributed by atoms with van der Waals surface area (Å²) in [5.74, 6) is 0.515. The number of fused-ring (bicyclic) bond motifs is 1. The van der Waals surface area contributed by atoms with E-state index in [9.17, 15) is 8.42 Å². The van der Waals surface area contributed by atoms with Crippen molar-refractivity contribution in [2.24, 2.45) is 0 Å². The fraction of sp³-hybridized carbons (Fsp3) is 0.421. The number of nitrogens with zero attached hydrogens (tertiary/aromatic N) is 3. The van der Waals surface area contributed by atoms with E-state index in [1.165, 1.54) is 5.56 Å². The van der Waals surface area contributed by atoms with Gasteiger partial charge >= 0.3 is 0 Å². The molecule has 3 heterocycles. The number of aromatic nitrogens is 2. The van der Waals surface area contributed by atoms with Crippen LogP contribution in [0.1, 0.15) is 11.3 Å². The van der Waals surface area contributed by atoms with Crippen LogP contribution in [-0.2, 0) is 16.4 Å². The smallest absolute Gasteiger partial charge is 0.153 e. The number of imidazole rings is 1. The van der Waals surface area contributed by atoms with Gasteiger partial charge in [0.25, 0.3) is 0 Å². The number of sulfone groups is 1. The van der Waals surface area contributed by atoms with Crippen LogP contribution in [0.25, 0.3) is 6.08 Å². The normalized spacial score (nSPS) is 26.3. The highest BCUT2D eigenvalue weighted by molar-refractivity contribution is 7.91. The van der Waals surface area contributed by atoms with E-state index in [0.29, 0.717) is 0 Å². The summed E-state index contributed by atoms with van der Waals surface area (Å²) in [6, 6.07) is 10.3. The third-order valence-electron chi connectivity index (χ3n) is 5.28. The lowest BCUT2D eigenvalue weighted by atomic mass is 10.0. The molecule has 0 unspecified atom stereocenters. The quantitative estimate of drug-likeness (QED) is 0.859. The molecule has 0 spiro atoms. The topological polar surface area (TPSA) is 69.3 Å². The molecule has 2 saturated heterocycles. The number of piperazine rings is 1. The van der Waals surface area contributed by atoms with Crippen molar-refractivity contribution in [3.8, 4) is 0 Å². The second-order valence-electron chi connectivity index (χ2n) is 7.07. The van der Waals surface area contributed by atoms with E-state index in [0.717, 1.165) is 31.9 Å². The van der Waals surface area contributed by atoms with Crippen LogP contribution < -0.4 is 0 Å². The summed E-state index contributed by atoms with van der Waals surface area (Å²) in [5, 5.41) is 0. The Morgan fingerprint density at radius 3 is 2.58 bits per heavy atom. The molecule has 0 amide bonds. The zero-order valence-corrected chi connectivity index (χ0v) is 15.5. The first kappa shape index (κ1) is 17.5. The minimum Gasteiger partial charge on any atom is -0.347 e.